The van der Waals surface area contributed by atoms with Crippen LogP contribution in [0.2, 0.25) is 0 Å². The van der Waals surface area contributed by atoms with Crippen LogP contribution in [0.1, 0.15) is 26.2 Å². The second kappa shape index (κ2) is 5.35. The molecule has 0 aliphatic carbocycles. The lowest BCUT2D eigenvalue weighted by Gasteiger charge is -1.98. The molecular weight excluding hydrogens is 160 g/mol. The highest BCUT2D eigenvalue weighted by Gasteiger charge is 2.06. The first-order chi connectivity index (χ1) is 5.57. The van der Waals surface area contributed by atoms with E-state index in [9.17, 15) is 9.59 Å². The van der Waals surface area contributed by atoms with Gasteiger partial charge in [0, 0.05) is 12.0 Å². The van der Waals surface area contributed by atoms with Crippen molar-refractivity contribution in [2.24, 2.45) is 0 Å². The van der Waals surface area contributed by atoms with Gasteiger partial charge in [-0.1, -0.05) is 6.08 Å². The first-order valence-corrected chi connectivity index (χ1v) is 3.68. The average molecular weight is 172 g/mol. The third-order valence-electron chi connectivity index (χ3n) is 1.46. The molecule has 0 spiro atoms. The maximum atomic E-state index is 10.4. The normalized spacial score (nSPS) is 11.2. The van der Waals surface area contributed by atoms with Crippen LogP contribution in [0, 0.1) is 0 Å². The van der Waals surface area contributed by atoms with E-state index < -0.39 is 11.9 Å². The minimum absolute atomic E-state index is 0.0185. The highest BCUT2D eigenvalue weighted by atomic mass is 16.4. The van der Waals surface area contributed by atoms with Crippen molar-refractivity contribution in [1.29, 1.82) is 0 Å². The summed E-state index contributed by atoms with van der Waals surface area (Å²) in [4.78, 5) is 20.5. The molecular formula is C8H12O4. The average Bonchev–Trinajstić information content (AvgIpc) is 1.96. The Bertz CT molecular complexity index is 205. The summed E-state index contributed by atoms with van der Waals surface area (Å²) in [7, 11) is 0. The number of hydrogen-bond donors (Lipinski definition) is 2. The summed E-state index contributed by atoms with van der Waals surface area (Å²) in [5.74, 6) is -1.86. The highest BCUT2D eigenvalue weighted by molar-refractivity contribution is 5.86. The van der Waals surface area contributed by atoms with Gasteiger partial charge in [0.1, 0.15) is 0 Å². The predicted molar refractivity (Wildman–Crippen MR) is 42.9 cm³/mol. The van der Waals surface area contributed by atoms with Crippen LogP contribution in [-0.4, -0.2) is 22.2 Å². The van der Waals surface area contributed by atoms with E-state index in [0.29, 0.717) is 12.8 Å². The zero-order valence-corrected chi connectivity index (χ0v) is 6.91. The van der Waals surface area contributed by atoms with Crippen molar-refractivity contribution in [3.63, 3.8) is 0 Å². The summed E-state index contributed by atoms with van der Waals surface area (Å²) in [5.41, 5.74) is 0.274. The van der Waals surface area contributed by atoms with Gasteiger partial charge in [-0.2, -0.15) is 0 Å². The molecule has 0 radical (unpaired) electrons. The molecule has 0 unspecified atom stereocenters. The van der Waals surface area contributed by atoms with E-state index in [2.05, 4.69) is 0 Å². The molecule has 0 aliphatic heterocycles. The highest BCUT2D eigenvalue weighted by Crippen LogP contribution is 2.07. The zero-order chi connectivity index (χ0) is 9.56. The van der Waals surface area contributed by atoms with E-state index in [1.165, 1.54) is 6.08 Å². The van der Waals surface area contributed by atoms with Crippen LogP contribution in [0.5, 0.6) is 0 Å². The van der Waals surface area contributed by atoms with Crippen molar-refractivity contribution in [3.8, 4) is 0 Å². The van der Waals surface area contributed by atoms with E-state index in [-0.39, 0.29) is 12.0 Å². The number of carbonyl (C=O) groups is 2. The monoisotopic (exact) mass is 172 g/mol. The van der Waals surface area contributed by atoms with Crippen LogP contribution in [0.15, 0.2) is 11.6 Å². The van der Waals surface area contributed by atoms with Crippen molar-refractivity contribution in [2.45, 2.75) is 26.2 Å². The van der Waals surface area contributed by atoms with E-state index in [1.807, 2.05) is 0 Å². The Morgan fingerprint density at radius 2 is 1.83 bits per heavy atom. The Hall–Kier alpha value is -1.32. The minimum Gasteiger partial charge on any atom is -0.481 e. The number of rotatable bonds is 5. The van der Waals surface area contributed by atoms with Gasteiger partial charge in [0.25, 0.3) is 0 Å². The Balaban J connectivity index is 3.76. The fourth-order valence-electron chi connectivity index (χ4n) is 0.805. The molecule has 2 N–H and O–H groups in total. The SMILES string of the molecule is CC=C(CCCC(=O)O)C(=O)O. The predicted octanol–water partition coefficient (Wildman–Crippen LogP) is 1.27. The molecule has 0 saturated carbocycles. The number of hydrogen-bond acceptors (Lipinski definition) is 2. The Morgan fingerprint density at radius 1 is 1.25 bits per heavy atom. The van der Waals surface area contributed by atoms with Crippen LogP contribution >= 0.6 is 0 Å². The van der Waals surface area contributed by atoms with Crippen LogP contribution in [-0.2, 0) is 9.59 Å². The van der Waals surface area contributed by atoms with Crippen molar-refractivity contribution in [3.05, 3.63) is 11.6 Å². The van der Waals surface area contributed by atoms with E-state index >= 15 is 0 Å². The van der Waals surface area contributed by atoms with Gasteiger partial charge in [-0.25, -0.2) is 4.79 Å². The fourth-order valence-corrected chi connectivity index (χ4v) is 0.805. The maximum absolute atomic E-state index is 10.4. The summed E-state index contributed by atoms with van der Waals surface area (Å²) >= 11 is 0. The summed E-state index contributed by atoms with van der Waals surface area (Å²) in [6, 6.07) is 0. The summed E-state index contributed by atoms with van der Waals surface area (Å²) in [6.45, 7) is 1.63. The van der Waals surface area contributed by atoms with Crippen molar-refractivity contribution in [2.75, 3.05) is 0 Å². The van der Waals surface area contributed by atoms with Gasteiger partial charge in [0.2, 0.25) is 0 Å². The molecule has 0 aromatic carbocycles. The van der Waals surface area contributed by atoms with Crippen molar-refractivity contribution < 1.29 is 19.8 Å². The second-order valence-electron chi connectivity index (χ2n) is 2.37. The van der Waals surface area contributed by atoms with Gasteiger partial charge in [-0.15, -0.1) is 0 Å². The molecule has 0 saturated heterocycles. The molecule has 12 heavy (non-hydrogen) atoms. The third-order valence-corrected chi connectivity index (χ3v) is 1.46. The molecule has 0 aromatic heterocycles. The molecule has 68 valence electrons. The first-order valence-electron chi connectivity index (χ1n) is 3.68. The largest absolute Gasteiger partial charge is 0.481 e. The van der Waals surface area contributed by atoms with Gasteiger partial charge in [-0.3, -0.25) is 4.79 Å². The van der Waals surface area contributed by atoms with Crippen LogP contribution in [0.25, 0.3) is 0 Å². The smallest absolute Gasteiger partial charge is 0.331 e. The molecule has 4 heteroatoms. The summed E-state index contributed by atoms with van der Waals surface area (Å²) in [5, 5.41) is 16.8. The second-order valence-corrected chi connectivity index (χ2v) is 2.37. The Kier molecular flexibility index (Phi) is 4.76. The van der Waals surface area contributed by atoms with Crippen LogP contribution in [0.4, 0.5) is 0 Å². The van der Waals surface area contributed by atoms with E-state index in [0.717, 1.165) is 0 Å². The van der Waals surface area contributed by atoms with Gasteiger partial charge in [0.15, 0.2) is 0 Å². The third kappa shape index (κ3) is 4.49. The fraction of sp³-hybridized carbons (Fsp3) is 0.500. The number of allylic oxidation sites excluding steroid dienone is 1. The van der Waals surface area contributed by atoms with Crippen molar-refractivity contribution >= 4 is 11.9 Å². The number of aliphatic carboxylic acids is 2. The molecule has 0 fully saturated rings. The first kappa shape index (κ1) is 10.7. The van der Waals surface area contributed by atoms with Gasteiger partial charge < -0.3 is 10.2 Å². The Labute approximate surface area is 70.5 Å². The lowest BCUT2D eigenvalue weighted by atomic mass is 10.1. The summed E-state index contributed by atoms with van der Waals surface area (Å²) < 4.78 is 0. The molecule has 0 bridgehead atoms. The molecule has 0 aromatic rings. The van der Waals surface area contributed by atoms with Crippen LogP contribution in [0.3, 0.4) is 0 Å². The van der Waals surface area contributed by atoms with Gasteiger partial charge in [0.05, 0.1) is 0 Å². The van der Waals surface area contributed by atoms with Crippen LogP contribution < -0.4 is 0 Å². The topological polar surface area (TPSA) is 74.6 Å². The summed E-state index contributed by atoms with van der Waals surface area (Å²) in [6.07, 6.45) is 2.20. The van der Waals surface area contributed by atoms with E-state index in [4.69, 9.17) is 10.2 Å². The molecule has 0 amide bonds. The molecule has 0 aliphatic rings. The molecule has 0 rings (SSSR count). The zero-order valence-electron chi connectivity index (χ0n) is 6.91. The minimum atomic E-state index is -0.970. The quantitative estimate of drug-likeness (QED) is 0.612. The molecule has 4 nitrogen and oxygen atoms in total. The lowest BCUT2D eigenvalue weighted by Crippen LogP contribution is -2.01. The standard InChI is InChI=1S/C8H12O4/c1-2-6(8(11)12)4-3-5-7(9)10/h2H,3-5H2,1H3,(H,9,10)(H,11,12). The Morgan fingerprint density at radius 3 is 2.17 bits per heavy atom. The van der Waals surface area contributed by atoms with Gasteiger partial charge in [-0.05, 0) is 19.8 Å². The lowest BCUT2D eigenvalue weighted by molar-refractivity contribution is -0.137. The molecule has 0 heterocycles. The number of carboxylic acids is 2. The maximum Gasteiger partial charge on any atom is 0.331 e. The molecule has 0 atom stereocenters. The number of carboxylic acid groups (broad SMARTS) is 2. The van der Waals surface area contributed by atoms with Crippen molar-refractivity contribution in [1.82, 2.24) is 0 Å². The van der Waals surface area contributed by atoms with Gasteiger partial charge >= 0.3 is 11.9 Å². The van der Waals surface area contributed by atoms with E-state index in [1.54, 1.807) is 6.92 Å².